The molecule has 112 valence electrons. The molecule has 2 rings (SSSR count). The first-order valence-electron chi connectivity index (χ1n) is 6.90. The fourth-order valence-electron chi connectivity index (χ4n) is 2.39. The summed E-state index contributed by atoms with van der Waals surface area (Å²) in [6.07, 6.45) is 2.93. The predicted octanol–water partition coefficient (Wildman–Crippen LogP) is 1.08. The molecule has 0 aromatic heterocycles. The van der Waals surface area contributed by atoms with Crippen LogP contribution < -0.4 is 9.46 Å². The molecule has 1 aromatic carbocycles. The van der Waals surface area contributed by atoms with Crippen LogP contribution in [0.4, 0.5) is 0 Å². The van der Waals surface area contributed by atoms with Gasteiger partial charge >= 0.3 is 0 Å². The number of rotatable bonds is 6. The van der Waals surface area contributed by atoms with Crippen LogP contribution in [0, 0.1) is 0 Å². The summed E-state index contributed by atoms with van der Waals surface area (Å²) in [5.74, 6) is 0.890. The first-order valence-corrected chi connectivity index (χ1v) is 8.79. The predicted molar refractivity (Wildman–Crippen MR) is 79.4 cm³/mol. The Morgan fingerprint density at radius 1 is 1.25 bits per heavy atom. The number of ether oxygens (including phenoxy) is 1. The van der Waals surface area contributed by atoms with Gasteiger partial charge in [0.05, 0.1) is 6.26 Å². The summed E-state index contributed by atoms with van der Waals surface area (Å²) < 4.78 is 30.7. The highest BCUT2D eigenvalue weighted by Gasteiger charge is 2.21. The third kappa shape index (κ3) is 5.48. The Morgan fingerprint density at radius 2 is 1.90 bits per heavy atom. The molecule has 0 spiro atoms. The Kier molecular flexibility index (Phi) is 5.39. The van der Waals surface area contributed by atoms with E-state index in [0.717, 1.165) is 38.2 Å². The molecule has 0 unspecified atom stereocenters. The lowest BCUT2D eigenvalue weighted by Crippen LogP contribution is -2.45. The first-order chi connectivity index (χ1) is 9.53. The molecule has 0 bridgehead atoms. The Bertz CT molecular complexity index is 496. The highest BCUT2D eigenvalue weighted by molar-refractivity contribution is 7.88. The van der Waals surface area contributed by atoms with E-state index in [2.05, 4.69) is 9.62 Å². The quantitative estimate of drug-likeness (QED) is 0.854. The summed E-state index contributed by atoms with van der Waals surface area (Å²) in [6.45, 7) is 3.35. The minimum atomic E-state index is -3.09. The number of piperidine rings is 1. The lowest BCUT2D eigenvalue weighted by molar-refractivity contribution is 0.170. The van der Waals surface area contributed by atoms with Crippen LogP contribution in [-0.4, -0.2) is 51.9 Å². The standard InChI is InChI=1S/C14H22N2O3S/c1-20(17,18)15-13-7-9-16(10-8-13)11-12-19-14-5-3-2-4-6-14/h2-6,13,15H,7-12H2,1H3. The van der Waals surface area contributed by atoms with Gasteiger partial charge in [-0.25, -0.2) is 13.1 Å². The van der Waals surface area contributed by atoms with Crippen LogP contribution in [0.15, 0.2) is 30.3 Å². The fourth-order valence-corrected chi connectivity index (χ4v) is 3.23. The van der Waals surface area contributed by atoms with E-state index in [1.165, 1.54) is 6.26 Å². The van der Waals surface area contributed by atoms with E-state index in [1.807, 2.05) is 30.3 Å². The Labute approximate surface area is 121 Å². The Hall–Kier alpha value is -1.11. The van der Waals surface area contributed by atoms with Crippen molar-refractivity contribution in [2.45, 2.75) is 18.9 Å². The van der Waals surface area contributed by atoms with Crippen LogP contribution in [0.3, 0.4) is 0 Å². The number of hydrogen-bond donors (Lipinski definition) is 1. The number of para-hydroxylation sites is 1. The van der Waals surface area contributed by atoms with E-state index in [0.29, 0.717) is 6.61 Å². The molecule has 0 amide bonds. The smallest absolute Gasteiger partial charge is 0.208 e. The van der Waals surface area contributed by atoms with Gasteiger partial charge in [0.2, 0.25) is 10.0 Å². The highest BCUT2D eigenvalue weighted by atomic mass is 32.2. The SMILES string of the molecule is CS(=O)(=O)NC1CCN(CCOc2ccccc2)CC1. The zero-order valence-electron chi connectivity index (χ0n) is 11.8. The second-order valence-corrected chi connectivity index (χ2v) is 6.95. The molecule has 6 heteroatoms. The van der Waals surface area contributed by atoms with Gasteiger partial charge in [-0.1, -0.05) is 18.2 Å². The molecule has 1 aliphatic heterocycles. The molecule has 0 aliphatic carbocycles. The number of benzene rings is 1. The van der Waals surface area contributed by atoms with Crippen molar-refractivity contribution in [1.82, 2.24) is 9.62 Å². The van der Waals surface area contributed by atoms with Crippen LogP contribution in [0.5, 0.6) is 5.75 Å². The molecule has 1 saturated heterocycles. The van der Waals surface area contributed by atoms with Crippen LogP contribution in [0.1, 0.15) is 12.8 Å². The molecule has 1 aliphatic rings. The van der Waals surface area contributed by atoms with Crippen molar-refractivity contribution in [3.63, 3.8) is 0 Å². The molecule has 1 aromatic rings. The molecule has 1 fully saturated rings. The van der Waals surface area contributed by atoms with Crippen molar-refractivity contribution in [1.29, 1.82) is 0 Å². The minimum absolute atomic E-state index is 0.0799. The van der Waals surface area contributed by atoms with Gasteiger partial charge in [-0.2, -0.15) is 0 Å². The number of nitrogens with zero attached hydrogens (tertiary/aromatic N) is 1. The Balaban J connectivity index is 1.65. The third-order valence-electron chi connectivity index (χ3n) is 3.39. The normalized spacial score (nSPS) is 18.1. The topological polar surface area (TPSA) is 58.6 Å². The van der Waals surface area contributed by atoms with Gasteiger partial charge in [0, 0.05) is 12.6 Å². The van der Waals surface area contributed by atoms with Crippen molar-refractivity contribution < 1.29 is 13.2 Å². The minimum Gasteiger partial charge on any atom is -0.492 e. The molecule has 20 heavy (non-hydrogen) atoms. The van der Waals surface area contributed by atoms with Crippen molar-refractivity contribution in [3.05, 3.63) is 30.3 Å². The zero-order valence-corrected chi connectivity index (χ0v) is 12.6. The van der Waals surface area contributed by atoms with E-state index >= 15 is 0 Å². The lowest BCUT2D eigenvalue weighted by Gasteiger charge is -2.31. The van der Waals surface area contributed by atoms with E-state index in [4.69, 9.17) is 4.74 Å². The van der Waals surface area contributed by atoms with Gasteiger partial charge in [-0.15, -0.1) is 0 Å². The van der Waals surface area contributed by atoms with Crippen LogP contribution in [-0.2, 0) is 10.0 Å². The van der Waals surface area contributed by atoms with Gasteiger partial charge < -0.3 is 4.74 Å². The van der Waals surface area contributed by atoms with Crippen molar-refractivity contribution in [2.75, 3.05) is 32.5 Å². The molecule has 1 heterocycles. The maximum Gasteiger partial charge on any atom is 0.208 e. The zero-order chi connectivity index (χ0) is 14.4. The van der Waals surface area contributed by atoms with Crippen molar-refractivity contribution in [2.24, 2.45) is 0 Å². The number of likely N-dealkylation sites (tertiary alicyclic amines) is 1. The average Bonchev–Trinajstić information content (AvgIpc) is 2.40. The number of sulfonamides is 1. The Morgan fingerprint density at radius 3 is 2.50 bits per heavy atom. The second kappa shape index (κ2) is 7.06. The van der Waals surface area contributed by atoms with E-state index in [-0.39, 0.29) is 6.04 Å². The maximum absolute atomic E-state index is 11.2. The van der Waals surface area contributed by atoms with Crippen LogP contribution >= 0.6 is 0 Å². The summed E-state index contributed by atoms with van der Waals surface area (Å²) >= 11 is 0. The largest absolute Gasteiger partial charge is 0.492 e. The van der Waals surface area contributed by atoms with E-state index < -0.39 is 10.0 Å². The van der Waals surface area contributed by atoms with Gasteiger partial charge in [-0.3, -0.25) is 4.90 Å². The summed E-state index contributed by atoms with van der Waals surface area (Å²) in [6, 6.07) is 9.85. The maximum atomic E-state index is 11.2. The summed E-state index contributed by atoms with van der Waals surface area (Å²) in [4.78, 5) is 2.31. The van der Waals surface area contributed by atoms with Crippen LogP contribution in [0.25, 0.3) is 0 Å². The molecule has 0 atom stereocenters. The first kappa shape index (κ1) is 15.3. The fraction of sp³-hybridized carbons (Fsp3) is 0.571. The summed E-state index contributed by atoms with van der Waals surface area (Å²) in [7, 11) is -3.09. The summed E-state index contributed by atoms with van der Waals surface area (Å²) in [5.41, 5.74) is 0. The summed E-state index contributed by atoms with van der Waals surface area (Å²) in [5, 5.41) is 0. The second-order valence-electron chi connectivity index (χ2n) is 5.17. The number of hydrogen-bond acceptors (Lipinski definition) is 4. The average molecular weight is 298 g/mol. The molecule has 0 saturated carbocycles. The highest BCUT2D eigenvalue weighted by Crippen LogP contribution is 2.12. The van der Waals surface area contributed by atoms with Gasteiger partial charge in [0.25, 0.3) is 0 Å². The van der Waals surface area contributed by atoms with Gasteiger partial charge in [0.1, 0.15) is 12.4 Å². The molecule has 0 radical (unpaired) electrons. The van der Waals surface area contributed by atoms with Crippen molar-refractivity contribution in [3.8, 4) is 5.75 Å². The molecule has 1 N–H and O–H groups in total. The molecule has 5 nitrogen and oxygen atoms in total. The lowest BCUT2D eigenvalue weighted by atomic mass is 10.1. The van der Waals surface area contributed by atoms with Crippen LogP contribution in [0.2, 0.25) is 0 Å². The van der Waals surface area contributed by atoms with Crippen molar-refractivity contribution >= 4 is 10.0 Å². The monoisotopic (exact) mass is 298 g/mol. The van der Waals surface area contributed by atoms with E-state index in [9.17, 15) is 8.42 Å². The van der Waals surface area contributed by atoms with E-state index in [1.54, 1.807) is 0 Å². The molecular weight excluding hydrogens is 276 g/mol. The number of nitrogens with one attached hydrogen (secondary N) is 1. The molecular formula is C14H22N2O3S. The third-order valence-corrected chi connectivity index (χ3v) is 4.15. The van der Waals surface area contributed by atoms with Gasteiger partial charge in [-0.05, 0) is 38.1 Å². The van der Waals surface area contributed by atoms with Gasteiger partial charge in [0.15, 0.2) is 0 Å².